The molecule has 0 saturated heterocycles. The molecule has 0 saturated carbocycles. The zero-order valence-electron chi connectivity index (χ0n) is 4.89. The number of hydrogen-bond acceptors (Lipinski definition) is 0. The second-order valence-corrected chi connectivity index (χ2v) is 6.48. The average molecular weight is 305 g/mol. The molecule has 0 aliphatic heterocycles. The van der Waals surface area contributed by atoms with Crippen molar-refractivity contribution in [3.8, 4) is 0 Å². The molecule has 0 aliphatic rings. The van der Waals surface area contributed by atoms with Crippen LogP contribution in [0.15, 0.2) is 24.3 Å². The Kier molecular flexibility index (Phi) is 3.71. The van der Waals surface area contributed by atoms with E-state index < -0.39 is 6.63 Å². The predicted octanol–water partition coefficient (Wildman–Crippen LogP) is 3.71. The van der Waals surface area contributed by atoms with Crippen molar-refractivity contribution in [3.63, 3.8) is 0 Å². The zero-order valence-corrected chi connectivity index (χ0v) is 9.45. The SMILES string of the molecule is ClP(Cl)c1ccc(I)cc1. The van der Waals surface area contributed by atoms with Crippen LogP contribution in [-0.2, 0) is 0 Å². The average Bonchev–Trinajstić information content (AvgIpc) is 1.88. The molecule has 0 atom stereocenters. The van der Waals surface area contributed by atoms with Gasteiger partial charge in [0.15, 0.2) is 0 Å². The Morgan fingerprint density at radius 1 is 1.10 bits per heavy atom. The maximum atomic E-state index is 5.68. The van der Waals surface area contributed by atoms with Gasteiger partial charge in [0, 0.05) is 8.87 Å². The Balaban J connectivity index is 2.89. The van der Waals surface area contributed by atoms with Gasteiger partial charge < -0.3 is 0 Å². The summed E-state index contributed by atoms with van der Waals surface area (Å²) >= 11 is 13.6. The highest BCUT2D eigenvalue weighted by Gasteiger charge is 2.00. The van der Waals surface area contributed by atoms with Crippen LogP contribution in [0.1, 0.15) is 0 Å². The van der Waals surface area contributed by atoms with Gasteiger partial charge in [0.05, 0.1) is 0 Å². The van der Waals surface area contributed by atoms with E-state index in [9.17, 15) is 0 Å². The molecule has 0 heterocycles. The minimum absolute atomic E-state index is 0.967. The van der Waals surface area contributed by atoms with Gasteiger partial charge in [-0.05, 0) is 34.7 Å². The smallest absolute Gasteiger partial charge is 0.0727 e. The van der Waals surface area contributed by atoms with Crippen LogP contribution in [0, 0.1) is 3.57 Å². The number of halogens is 3. The fourth-order valence-corrected chi connectivity index (χ4v) is 1.96. The van der Waals surface area contributed by atoms with Gasteiger partial charge in [0.25, 0.3) is 0 Å². The summed E-state index contributed by atoms with van der Waals surface area (Å²) in [7, 11) is 0. The Morgan fingerprint density at radius 2 is 1.60 bits per heavy atom. The van der Waals surface area contributed by atoms with Crippen molar-refractivity contribution < 1.29 is 0 Å². The lowest BCUT2D eigenvalue weighted by Crippen LogP contribution is -1.91. The third kappa shape index (κ3) is 2.54. The van der Waals surface area contributed by atoms with E-state index in [1.807, 2.05) is 24.3 Å². The van der Waals surface area contributed by atoms with E-state index in [0.717, 1.165) is 5.30 Å². The van der Waals surface area contributed by atoms with E-state index >= 15 is 0 Å². The van der Waals surface area contributed by atoms with Crippen molar-refractivity contribution in [2.24, 2.45) is 0 Å². The predicted molar refractivity (Wildman–Crippen MR) is 57.4 cm³/mol. The Labute approximate surface area is 84.4 Å². The molecule has 0 bridgehead atoms. The van der Waals surface area contributed by atoms with Crippen molar-refractivity contribution in [3.05, 3.63) is 27.8 Å². The maximum Gasteiger partial charge on any atom is 0.116 e. The highest BCUT2D eigenvalue weighted by molar-refractivity contribution is 14.1. The molecule has 0 aromatic heterocycles. The molecule has 0 amide bonds. The van der Waals surface area contributed by atoms with Crippen LogP contribution in [0.3, 0.4) is 0 Å². The largest absolute Gasteiger partial charge is 0.116 e. The highest BCUT2D eigenvalue weighted by Crippen LogP contribution is 2.45. The van der Waals surface area contributed by atoms with E-state index in [1.54, 1.807) is 0 Å². The maximum absolute atomic E-state index is 5.68. The highest BCUT2D eigenvalue weighted by atomic mass is 127. The van der Waals surface area contributed by atoms with E-state index in [2.05, 4.69) is 22.6 Å². The molecule has 1 rings (SSSR count). The van der Waals surface area contributed by atoms with Crippen molar-refractivity contribution in [2.45, 2.75) is 0 Å². The molecule has 0 unspecified atom stereocenters. The molecule has 4 heteroatoms. The van der Waals surface area contributed by atoms with Gasteiger partial charge in [-0.3, -0.25) is 0 Å². The monoisotopic (exact) mass is 304 g/mol. The summed E-state index contributed by atoms with van der Waals surface area (Å²) in [5.41, 5.74) is 0. The van der Waals surface area contributed by atoms with E-state index in [0.29, 0.717) is 0 Å². The van der Waals surface area contributed by atoms with Gasteiger partial charge in [-0.15, -0.1) is 0 Å². The van der Waals surface area contributed by atoms with Gasteiger partial charge >= 0.3 is 0 Å². The molecule has 0 radical (unpaired) electrons. The van der Waals surface area contributed by atoms with Crippen molar-refractivity contribution in [1.82, 2.24) is 0 Å². The lowest BCUT2D eigenvalue weighted by atomic mass is 10.4. The molecule has 54 valence electrons. The van der Waals surface area contributed by atoms with Crippen molar-refractivity contribution >= 4 is 57.0 Å². The normalized spacial score (nSPS) is 10.4. The molecule has 0 nitrogen and oxygen atoms in total. The first kappa shape index (κ1) is 9.05. The van der Waals surface area contributed by atoms with Crippen LogP contribution in [0.25, 0.3) is 0 Å². The van der Waals surface area contributed by atoms with Crippen molar-refractivity contribution in [2.75, 3.05) is 0 Å². The lowest BCUT2D eigenvalue weighted by molar-refractivity contribution is 1.70. The van der Waals surface area contributed by atoms with Gasteiger partial charge in [0.2, 0.25) is 0 Å². The minimum atomic E-state index is -0.967. The summed E-state index contributed by atoms with van der Waals surface area (Å²) in [4.78, 5) is 0. The Morgan fingerprint density at radius 3 is 2.00 bits per heavy atom. The van der Waals surface area contributed by atoms with Crippen LogP contribution in [-0.4, -0.2) is 0 Å². The third-order valence-corrected chi connectivity index (χ3v) is 3.60. The van der Waals surface area contributed by atoms with Gasteiger partial charge in [-0.25, -0.2) is 0 Å². The summed E-state index contributed by atoms with van der Waals surface area (Å²) in [5, 5.41) is 1.01. The summed E-state index contributed by atoms with van der Waals surface area (Å²) < 4.78 is 1.20. The second kappa shape index (κ2) is 4.10. The Hall–Kier alpha value is 0.960. The first-order valence-electron chi connectivity index (χ1n) is 2.57. The summed E-state index contributed by atoms with van der Waals surface area (Å²) in [5.74, 6) is 0. The third-order valence-electron chi connectivity index (χ3n) is 1.02. The van der Waals surface area contributed by atoms with Crippen LogP contribution in [0.4, 0.5) is 0 Å². The molecule has 0 N–H and O–H groups in total. The zero-order chi connectivity index (χ0) is 7.56. The molecule has 1 aromatic carbocycles. The summed E-state index contributed by atoms with van der Waals surface area (Å²) in [6, 6.07) is 7.90. The van der Waals surface area contributed by atoms with E-state index in [1.165, 1.54) is 3.57 Å². The number of benzene rings is 1. The van der Waals surface area contributed by atoms with Crippen molar-refractivity contribution in [1.29, 1.82) is 0 Å². The number of hydrogen-bond donors (Lipinski definition) is 0. The fourth-order valence-electron chi connectivity index (χ4n) is 0.554. The van der Waals surface area contributed by atoms with Crippen LogP contribution < -0.4 is 5.30 Å². The first-order valence-corrected chi connectivity index (χ1v) is 6.80. The molecule has 10 heavy (non-hydrogen) atoms. The fraction of sp³-hybridized carbons (Fsp3) is 0. The lowest BCUT2D eigenvalue weighted by Gasteiger charge is -1.98. The molecule has 1 aromatic rings. The summed E-state index contributed by atoms with van der Waals surface area (Å²) in [6.45, 7) is -0.967. The molecular weight excluding hydrogens is 301 g/mol. The second-order valence-electron chi connectivity index (χ2n) is 1.71. The quantitative estimate of drug-likeness (QED) is 0.548. The van der Waals surface area contributed by atoms with Gasteiger partial charge in [-0.1, -0.05) is 34.6 Å². The molecule has 0 spiro atoms. The molecule has 0 aliphatic carbocycles. The standard InChI is InChI=1S/C6H4Cl2IP/c7-10(8)6-3-1-5(9)2-4-6/h1-4H. The van der Waals surface area contributed by atoms with E-state index in [4.69, 9.17) is 22.5 Å². The van der Waals surface area contributed by atoms with Gasteiger partial charge in [-0.2, -0.15) is 0 Å². The van der Waals surface area contributed by atoms with Crippen LogP contribution in [0.5, 0.6) is 0 Å². The number of rotatable bonds is 1. The molecular formula is C6H4Cl2IP. The first-order chi connectivity index (χ1) is 4.70. The van der Waals surface area contributed by atoms with Gasteiger partial charge in [0.1, 0.15) is 6.63 Å². The summed E-state index contributed by atoms with van der Waals surface area (Å²) in [6.07, 6.45) is 0. The molecule has 0 fully saturated rings. The van der Waals surface area contributed by atoms with Crippen LogP contribution >= 0.6 is 51.7 Å². The minimum Gasteiger partial charge on any atom is -0.0727 e. The van der Waals surface area contributed by atoms with E-state index in [-0.39, 0.29) is 0 Å². The topological polar surface area (TPSA) is 0 Å². The van der Waals surface area contributed by atoms with Crippen LogP contribution in [0.2, 0.25) is 0 Å². The Bertz CT molecular complexity index is 209.